The van der Waals surface area contributed by atoms with Crippen molar-refractivity contribution in [1.82, 2.24) is 15.1 Å². The topological polar surface area (TPSA) is 52.7 Å². The minimum Gasteiger partial charge on any atom is -0.340 e. The van der Waals surface area contributed by atoms with Gasteiger partial charge in [0, 0.05) is 37.7 Å². The smallest absolute Gasteiger partial charge is 0.257 e. The molecule has 3 rings (SSSR count). The van der Waals surface area contributed by atoms with Crippen molar-refractivity contribution in [3.05, 3.63) is 70.2 Å². The highest BCUT2D eigenvalue weighted by molar-refractivity contribution is 6.30. The van der Waals surface area contributed by atoms with Crippen molar-refractivity contribution < 1.29 is 18.4 Å². The van der Waals surface area contributed by atoms with E-state index >= 15 is 0 Å². The van der Waals surface area contributed by atoms with Gasteiger partial charge in [0.15, 0.2) is 0 Å². The molecule has 1 N–H and O–H groups in total. The number of carbonyl (C=O) groups excluding carboxylic acids is 2. The molecular weight excluding hydrogens is 436 g/mol. The molecule has 1 aliphatic heterocycles. The van der Waals surface area contributed by atoms with E-state index in [1.165, 1.54) is 6.07 Å². The van der Waals surface area contributed by atoms with Gasteiger partial charge in [-0.25, -0.2) is 8.78 Å². The summed E-state index contributed by atoms with van der Waals surface area (Å²) in [5.74, 6) is -3.31. The van der Waals surface area contributed by atoms with E-state index in [4.69, 9.17) is 11.6 Å². The largest absolute Gasteiger partial charge is 0.340 e. The lowest BCUT2D eigenvalue weighted by molar-refractivity contribution is -0.134. The van der Waals surface area contributed by atoms with Crippen LogP contribution in [0.5, 0.6) is 0 Å². The van der Waals surface area contributed by atoms with Gasteiger partial charge in [-0.1, -0.05) is 43.6 Å². The summed E-state index contributed by atoms with van der Waals surface area (Å²) in [5, 5.41) is 3.24. The molecule has 1 atom stereocenters. The predicted molar refractivity (Wildman–Crippen MR) is 120 cm³/mol. The Morgan fingerprint density at radius 3 is 2.28 bits per heavy atom. The van der Waals surface area contributed by atoms with Crippen LogP contribution in [-0.4, -0.2) is 53.8 Å². The fourth-order valence-electron chi connectivity index (χ4n) is 3.84. The maximum atomic E-state index is 14.0. The number of nitrogens with zero attached hydrogens (tertiary/aromatic N) is 2. The van der Waals surface area contributed by atoms with Gasteiger partial charge in [-0.15, -0.1) is 0 Å². The van der Waals surface area contributed by atoms with Crippen LogP contribution in [0.1, 0.15) is 36.2 Å². The number of nitrogens with one attached hydrogen (secondary N) is 1. The number of hydrogen-bond acceptors (Lipinski definition) is 3. The SMILES string of the molecule is CC(C)[C@H](NC(=O)c1c(F)cccc1F)C(=O)N1CCCN(Cc2ccc(Cl)cc2)CC1. The highest BCUT2D eigenvalue weighted by atomic mass is 35.5. The molecule has 0 aromatic heterocycles. The summed E-state index contributed by atoms with van der Waals surface area (Å²) in [6.45, 7) is 6.95. The molecule has 0 bridgehead atoms. The molecular formula is C24H28ClF2N3O2. The summed E-state index contributed by atoms with van der Waals surface area (Å²) in [7, 11) is 0. The maximum Gasteiger partial charge on any atom is 0.257 e. The van der Waals surface area contributed by atoms with E-state index in [1.807, 2.05) is 24.3 Å². The van der Waals surface area contributed by atoms with Gasteiger partial charge in [0.1, 0.15) is 23.2 Å². The highest BCUT2D eigenvalue weighted by Crippen LogP contribution is 2.16. The summed E-state index contributed by atoms with van der Waals surface area (Å²) >= 11 is 5.95. The standard InChI is InChI=1S/C24H28ClF2N3O2/c1-16(2)22(28-23(31)21-19(26)5-3-6-20(21)27)24(32)30-12-4-11-29(13-14-30)15-17-7-9-18(25)10-8-17/h3,5-10,16,22H,4,11-15H2,1-2H3,(H,28,31)/t22-/m0/s1. The van der Waals surface area contributed by atoms with E-state index < -0.39 is 29.1 Å². The quantitative estimate of drug-likeness (QED) is 0.701. The summed E-state index contributed by atoms with van der Waals surface area (Å²) in [5.41, 5.74) is 0.476. The lowest BCUT2D eigenvalue weighted by Crippen LogP contribution is -2.52. The molecule has 1 fully saturated rings. The van der Waals surface area contributed by atoms with Crippen molar-refractivity contribution >= 4 is 23.4 Å². The minimum atomic E-state index is -0.954. The summed E-state index contributed by atoms with van der Waals surface area (Å²) in [6.07, 6.45) is 0.792. The second-order valence-electron chi connectivity index (χ2n) is 8.37. The fourth-order valence-corrected chi connectivity index (χ4v) is 3.96. The van der Waals surface area contributed by atoms with Gasteiger partial charge in [-0.2, -0.15) is 0 Å². The maximum absolute atomic E-state index is 14.0. The van der Waals surface area contributed by atoms with E-state index in [1.54, 1.807) is 18.7 Å². The molecule has 0 radical (unpaired) electrons. The van der Waals surface area contributed by atoms with Crippen LogP contribution in [0.15, 0.2) is 42.5 Å². The highest BCUT2D eigenvalue weighted by Gasteiger charge is 2.31. The summed E-state index contributed by atoms with van der Waals surface area (Å²) < 4.78 is 28.0. The number of carbonyl (C=O) groups is 2. The van der Waals surface area contributed by atoms with Crippen molar-refractivity contribution in [2.75, 3.05) is 26.2 Å². The lowest BCUT2D eigenvalue weighted by atomic mass is 10.0. The average molecular weight is 464 g/mol. The molecule has 1 heterocycles. The first-order valence-electron chi connectivity index (χ1n) is 10.8. The second kappa shape index (κ2) is 10.9. The van der Waals surface area contributed by atoms with Crippen LogP contribution in [0, 0.1) is 17.6 Å². The van der Waals surface area contributed by atoms with E-state index in [0.717, 1.165) is 37.2 Å². The monoisotopic (exact) mass is 463 g/mol. The molecule has 1 saturated heterocycles. The molecule has 0 aliphatic carbocycles. The van der Waals surface area contributed by atoms with Crippen LogP contribution in [-0.2, 0) is 11.3 Å². The zero-order valence-electron chi connectivity index (χ0n) is 18.3. The van der Waals surface area contributed by atoms with Crippen molar-refractivity contribution in [1.29, 1.82) is 0 Å². The van der Waals surface area contributed by atoms with E-state index in [-0.39, 0.29) is 11.8 Å². The van der Waals surface area contributed by atoms with Crippen molar-refractivity contribution in [2.45, 2.75) is 32.9 Å². The molecule has 2 amide bonds. The molecule has 2 aromatic carbocycles. The Kier molecular flexibility index (Phi) is 8.21. The Hall–Kier alpha value is -2.51. The third-order valence-electron chi connectivity index (χ3n) is 5.63. The second-order valence-corrected chi connectivity index (χ2v) is 8.81. The summed E-state index contributed by atoms with van der Waals surface area (Å²) in [4.78, 5) is 29.8. The molecule has 2 aromatic rings. The Morgan fingerprint density at radius 2 is 1.66 bits per heavy atom. The van der Waals surface area contributed by atoms with Gasteiger partial charge in [0.2, 0.25) is 5.91 Å². The van der Waals surface area contributed by atoms with Gasteiger partial charge in [-0.05, 0) is 42.2 Å². The predicted octanol–water partition coefficient (Wildman–Crippen LogP) is 4.11. The molecule has 0 spiro atoms. The van der Waals surface area contributed by atoms with E-state index in [0.29, 0.717) is 24.7 Å². The van der Waals surface area contributed by atoms with Crippen LogP contribution in [0.4, 0.5) is 8.78 Å². The van der Waals surface area contributed by atoms with Gasteiger partial charge in [0.25, 0.3) is 5.91 Å². The van der Waals surface area contributed by atoms with Crippen molar-refractivity contribution in [3.8, 4) is 0 Å². The Balaban J connectivity index is 1.64. The Bertz CT molecular complexity index is 933. The molecule has 172 valence electrons. The van der Waals surface area contributed by atoms with Gasteiger partial charge >= 0.3 is 0 Å². The minimum absolute atomic E-state index is 0.238. The zero-order chi connectivity index (χ0) is 23.3. The number of amides is 2. The third-order valence-corrected chi connectivity index (χ3v) is 5.88. The number of halogens is 3. The molecule has 32 heavy (non-hydrogen) atoms. The average Bonchev–Trinajstić information content (AvgIpc) is 2.98. The van der Waals surface area contributed by atoms with Crippen molar-refractivity contribution in [2.24, 2.45) is 5.92 Å². The van der Waals surface area contributed by atoms with Crippen LogP contribution in [0.3, 0.4) is 0 Å². The van der Waals surface area contributed by atoms with Crippen LogP contribution >= 0.6 is 11.6 Å². The van der Waals surface area contributed by atoms with Crippen LogP contribution < -0.4 is 5.32 Å². The van der Waals surface area contributed by atoms with Crippen LogP contribution in [0.25, 0.3) is 0 Å². The first-order valence-corrected chi connectivity index (χ1v) is 11.1. The van der Waals surface area contributed by atoms with Crippen LogP contribution in [0.2, 0.25) is 5.02 Å². The molecule has 1 aliphatic rings. The van der Waals surface area contributed by atoms with Gasteiger partial charge < -0.3 is 10.2 Å². The van der Waals surface area contributed by atoms with E-state index in [2.05, 4.69) is 10.2 Å². The Morgan fingerprint density at radius 1 is 1.00 bits per heavy atom. The zero-order valence-corrected chi connectivity index (χ0v) is 19.0. The third kappa shape index (κ3) is 6.04. The number of rotatable bonds is 6. The fraction of sp³-hybridized carbons (Fsp3) is 0.417. The van der Waals surface area contributed by atoms with E-state index in [9.17, 15) is 18.4 Å². The first kappa shape index (κ1) is 24.1. The Labute approximate surface area is 192 Å². The van der Waals surface area contributed by atoms with Gasteiger partial charge in [0.05, 0.1) is 0 Å². The number of hydrogen-bond donors (Lipinski definition) is 1. The lowest BCUT2D eigenvalue weighted by Gasteiger charge is -2.29. The molecule has 5 nitrogen and oxygen atoms in total. The summed E-state index contributed by atoms with van der Waals surface area (Å²) in [6, 6.07) is 10.1. The normalized spacial score (nSPS) is 16.0. The molecule has 0 saturated carbocycles. The molecule has 8 heteroatoms. The van der Waals surface area contributed by atoms with Gasteiger partial charge in [-0.3, -0.25) is 14.5 Å². The first-order chi connectivity index (χ1) is 15.3. The number of benzene rings is 2. The molecule has 0 unspecified atom stereocenters. The van der Waals surface area contributed by atoms with Crippen molar-refractivity contribution in [3.63, 3.8) is 0 Å².